The van der Waals surface area contributed by atoms with Crippen LogP contribution >= 0.6 is 0 Å². The Morgan fingerprint density at radius 2 is 1.37 bits per heavy atom. The summed E-state index contributed by atoms with van der Waals surface area (Å²) >= 11 is 0. The Labute approximate surface area is 344 Å². The van der Waals surface area contributed by atoms with Crippen molar-refractivity contribution in [3.63, 3.8) is 0 Å². The molecule has 1 heterocycles. The normalized spacial score (nSPS) is 18.5. The molecule has 1 aliphatic rings. The summed E-state index contributed by atoms with van der Waals surface area (Å²) in [6, 6.07) is 8.66. The predicted molar refractivity (Wildman–Crippen MR) is 200 cm³/mol. The minimum absolute atomic E-state index is 0.0196. The molecule has 1 fully saturated rings. The first kappa shape index (κ1) is 48.6. The van der Waals surface area contributed by atoms with Gasteiger partial charge >= 0.3 is 34.3 Å². The number of esters is 4. The average molecular weight is 871 g/mol. The Morgan fingerprint density at radius 3 is 1.97 bits per heavy atom. The van der Waals surface area contributed by atoms with Crippen molar-refractivity contribution in [3.8, 4) is 17.2 Å². The summed E-state index contributed by atoms with van der Waals surface area (Å²) in [4.78, 5) is 64.3. The zero-order valence-corrected chi connectivity index (χ0v) is 33.9. The highest BCUT2D eigenvalue weighted by Gasteiger charge is 2.53. The molecule has 60 heavy (non-hydrogen) atoms. The molecule has 1 unspecified atom stereocenters. The molecule has 24 heteroatoms. The number of benzene rings is 2. The van der Waals surface area contributed by atoms with Gasteiger partial charge in [-0.25, -0.2) is 0 Å². The van der Waals surface area contributed by atoms with E-state index in [2.05, 4.69) is 15.3 Å². The number of carbonyl (C=O) groups excluding carboxylic acids is 5. The number of amides is 1. The van der Waals surface area contributed by atoms with Crippen molar-refractivity contribution < 1.29 is 88.5 Å². The molecule has 2 aromatic rings. The van der Waals surface area contributed by atoms with Crippen LogP contribution in [0.15, 0.2) is 47.6 Å². The summed E-state index contributed by atoms with van der Waals surface area (Å²) in [5.74, 6) is -5.45. The number of nitrogens with one attached hydrogen (secondary N) is 1. The number of aliphatic hydroxyl groups is 1. The third kappa shape index (κ3) is 17.2. The van der Waals surface area contributed by atoms with Crippen LogP contribution < -0.4 is 18.4 Å². The molecule has 0 bridgehead atoms. The molecule has 1 aliphatic heterocycles. The molecule has 0 spiro atoms. The lowest BCUT2D eigenvalue weighted by Gasteiger charge is -2.43. The monoisotopic (exact) mass is 870 g/mol. The fourth-order valence-electron chi connectivity index (χ4n) is 5.15. The van der Waals surface area contributed by atoms with E-state index in [0.29, 0.717) is 12.2 Å². The molecule has 0 aliphatic carbocycles. The first-order valence-electron chi connectivity index (χ1n) is 18.1. The van der Waals surface area contributed by atoms with Crippen LogP contribution in [0.25, 0.3) is 10.4 Å². The van der Waals surface area contributed by atoms with E-state index < -0.39 is 89.0 Å². The Hall–Kier alpha value is -5.75. The zero-order valence-electron chi connectivity index (χ0n) is 33.0. The number of hydrogen-bond acceptors (Lipinski definition) is 20. The topological polar surface area (TPSA) is 302 Å². The Bertz CT molecular complexity index is 1910. The first-order valence-corrected chi connectivity index (χ1v) is 19.4. The van der Waals surface area contributed by atoms with Crippen LogP contribution in [0.3, 0.4) is 0 Å². The van der Waals surface area contributed by atoms with Gasteiger partial charge in [-0.3, -0.25) is 24.0 Å². The standard InChI is InChI=1S/C36H46N4O19S/c1-22(42)52-21-31-32(53-23(2)43)33(54-24(3)44)34(55-25(4)45)36(57-31)56-29-10-7-27(19-30(29)59-60(47,48)58-28-8-5-26(20-41)6-9-28)35(46)38-11-13-49-15-17-51-18-16-50-14-12-39-40-37/h5-10,19,31-34,36,41H,11-18,20-21H2,1-4H3,(H,38,46)/t31-,32+,33+,34-,36?/m1/s1. The maximum atomic E-state index is 13.2. The highest BCUT2D eigenvalue weighted by Crippen LogP contribution is 2.36. The van der Waals surface area contributed by atoms with Gasteiger partial charge in [0.05, 0.1) is 46.2 Å². The molecular formula is C36H46N4O19S. The van der Waals surface area contributed by atoms with E-state index in [-0.39, 0.29) is 64.0 Å². The van der Waals surface area contributed by atoms with Gasteiger partial charge in [-0.2, -0.15) is 0 Å². The van der Waals surface area contributed by atoms with E-state index in [0.717, 1.165) is 39.8 Å². The molecule has 1 saturated heterocycles. The van der Waals surface area contributed by atoms with Crippen LogP contribution in [0.2, 0.25) is 0 Å². The molecule has 23 nitrogen and oxygen atoms in total. The fraction of sp³-hybridized carbons (Fsp3) is 0.528. The SMILES string of the molecule is CC(=O)OC[C@H]1OC(Oc2ccc(C(=O)NCCOCCOCCOCCN=[N+]=[N-])cc2OS(=O)(=O)Oc2ccc(CO)cc2)[C@H](OC(C)=O)[C@@H](OC(C)=O)[C@H]1OC(C)=O. The van der Waals surface area contributed by atoms with Gasteiger partial charge in [0, 0.05) is 51.3 Å². The smallest absolute Gasteiger partial charge is 0.463 e. The number of rotatable bonds is 25. The van der Waals surface area contributed by atoms with Gasteiger partial charge in [0.25, 0.3) is 5.91 Å². The van der Waals surface area contributed by atoms with Crippen LogP contribution in [0.5, 0.6) is 17.2 Å². The second kappa shape index (κ2) is 25.0. The van der Waals surface area contributed by atoms with Crippen molar-refractivity contribution in [2.75, 3.05) is 59.3 Å². The Balaban J connectivity index is 1.86. The molecule has 330 valence electrons. The van der Waals surface area contributed by atoms with Crippen molar-refractivity contribution in [2.45, 2.75) is 65.0 Å². The largest absolute Gasteiger partial charge is 0.501 e. The third-order valence-corrected chi connectivity index (χ3v) is 8.35. The number of aliphatic hydroxyl groups excluding tert-OH is 1. The van der Waals surface area contributed by atoms with Crippen LogP contribution in [0.4, 0.5) is 0 Å². The van der Waals surface area contributed by atoms with Gasteiger partial charge in [0.15, 0.2) is 23.7 Å². The minimum Gasteiger partial charge on any atom is -0.463 e. The zero-order chi connectivity index (χ0) is 44.1. The first-order chi connectivity index (χ1) is 28.6. The van der Waals surface area contributed by atoms with E-state index in [4.69, 9.17) is 56.5 Å². The molecule has 3 rings (SSSR count). The lowest BCUT2D eigenvalue weighted by molar-refractivity contribution is -0.288. The second-order valence-electron chi connectivity index (χ2n) is 12.3. The summed E-state index contributed by atoms with van der Waals surface area (Å²) < 4.78 is 86.1. The van der Waals surface area contributed by atoms with Gasteiger partial charge < -0.3 is 61.4 Å². The summed E-state index contributed by atoms with van der Waals surface area (Å²) in [5, 5.41) is 15.3. The van der Waals surface area contributed by atoms with Gasteiger partial charge in [-0.05, 0) is 41.4 Å². The van der Waals surface area contributed by atoms with Crippen molar-refractivity contribution in [1.29, 1.82) is 0 Å². The number of ether oxygens (including phenoxy) is 9. The van der Waals surface area contributed by atoms with E-state index in [1.54, 1.807) is 0 Å². The van der Waals surface area contributed by atoms with E-state index in [1.165, 1.54) is 30.3 Å². The lowest BCUT2D eigenvalue weighted by Crippen LogP contribution is -2.63. The van der Waals surface area contributed by atoms with Crippen LogP contribution in [0.1, 0.15) is 43.6 Å². The fourth-order valence-corrected chi connectivity index (χ4v) is 5.88. The molecule has 0 aromatic heterocycles. The van der Waals surface area contributed by atoms with Crippen LogP contribution in [-0.2, 0) is 74.1 Å². The number of nitrogens with zero attached hydrogens (tertiary/aromatic N) is 3. The third-order valence-electron chi connectivity index (χ3n) is 7.57. The highest BCUT2D eigenvalue weighted by atomic mass is 32.3. The molecule has 2 aromatic carbocycles. The van der Waals surface area contributed by atoms with Gasteiger partial charge in [-0.15, -0.1) is 8.42 Å². The van der Waals surface area contributed by atoms with Crippen LogP contribution in [-0.4, -0.2) is 133 Å². The highest BCUT2D eigenvalue weighted by molar-refractivity contribution is 7.82. The van der Waals surface area contributed by atoms with Crippen LogP contribution in [0, 0.1) is 0 Å². The Kier molecular flexibility index (Phi) is 20.3. The molecule has 2 N–H and O–H groups in total. The van der Waals surface area contributed by atoms with Crippen molar-refractivity contribution in [1.82, 2.24) is 5.32 Å². The maximum absolute atomic E-state index is 13.2. The molecule has 1 amide bonds. The van der Waals surface area contributed by atoms with Gasteiger partial charge in [0.1, 0.15) is 18.5 Å². The molecule has 0 saturated carbocycles. The van der Waals surface area contributed by atoms with E-state index in [1.807, 2.05) is 0 Å². The molecular weight excluding hydrogens is 824 g/mol. The molecule has 5 atom stereocenters. The van der Waals surface area contributed by atoms with Crippen molar-refractivity contribution in [3.05, 3.63) is 64.0 Å². The number of carbonyl (C=O) groups is 5. The van der Waals surface area contributed by atoms with E-state index in [9.17, 15) is 37.5 Å². The van der Waals surface area contributed by atoms with Gasteiger partial charge in [0.2, 0.25) is 12.4 Å². The maximum Gasteiger partial charge on any atom is 0.501 e. The van der Waals surface area contributed by atoms with E-state index >= 15 is 0 Å². The Morgan fingerprint density at radius 1 is 0.767 bits per heavy atom. The minimum atomic E-state index is -5.01. The summed E-state index contributed by atoms with van der Waals surface area (Å²) in [6.07, 6.45) is -8.05. The van der Waals surface area contributed by atoms with Gasteiger partial charge in [-0.1, -0.05) is 17.2 Å². The summed E-state index contributed by atoms with van der Waals surface area (Å²) in [6.45, 7) is 4.84. The second-order valence-corrected chi connectivity index (χ2v) is 13.4. The van der Waals surface area contributed by atoms with Crippen molar-refractivity contribution in [2.24, 2.45) is 5.11 Å². The number of azide groups is 1. The number of hydrogen-bond donors (Lipinski definition) is 2. The summed E-state index contributed by atoms with van der Waals surface area (Å²) in [7, 11) is -5.01. The average Bonchev–Trinajstić information content (AvgIpc) is 3.18. The molecule has 0 radical (unpaired) electrons. The predicted octanol–water partition coefficient (Wildman–Crippen LogP) is 1.43. The lowest BCUT2D eigenvalue weighted by atomic mass is 9.98. The quantitative estimate of drug-likeness (QED) is 0.0356. The summed E-state index contributed by atoms with van der Waals surface area (Å²) in [5.41, 5.74) is 8.57. The van der Waals surface area contributed by atoms with Crippen molar-refractivity contribution >= 4 is 40.2 Å².